The first-order valence-corrected chi connectivity index (χ1v) is 14.1. The van der Waals surface area contributed by atoms with Gasteiger partial charge in [0, 0.05) is 44.1 Å². The summed E-state index contributed by atoms with van der Waals surface area (Å²) in [5.41, 5.74) is 4.47. The highest BCUT2D eigenvalue weighted by atomic mass is 32.2. The number of aliphatic hydroxyl groups is 1. The van der Waals surface area contributed by atoms with Crippen LogP contribution in [0.15, 0.2) is 36.4 Å². The number of amides is 2. The molecule has 3 aliphatic rings. The van der Waals surface area contributed by atoms with E-state index in [0.29, 0.717) is 38.3 Å². The summed E-state index contributed by atoms with van der Waals surface area (Å²) in [5, 5.41) is 9.68. The van der Waals surface area contributed by atoms with E-state index in [1.165, 1.54) is 20.3 Å². The van der Waals surface area contributed by atoms with Crippen LogP contribution >= 0.6 is 0 Å². The molecule has 0 aromatic heterocycles. The van der Waals surface area contributed by atoms with Crippen LogP contribution in [0, 0.1) is 13.8 Å². The number of aliphatic hydroxyl groups excluding tert-OH is 1. The Bertz CT molecular complexity index is 1320. The van der Waals surface area contributed by atoms with E-state index < -0.39 is 22.2 Å². The number of carbonyl (C=O) groups is 2. The number of aryl methyl sites for hydroxylation is 2. The maximum absolute atomic E-state index is 13.7. The van der Waals surface area contributed by atoms with Gasteiger partial charge in [-0.1, -0.05) is 17.7 Å². The highest BCUT2D eigenvalue weighted by Gasteiger charge is 2.37. The fourth-order valence-electron chi connectivity index (χ4n) is 5.36. The van der Waals surface area contributed by atoms with E-state index in [4.69, 9.17) is 4.74 Å². The van der Waals surface area contributed by atoms with E-state index in [1.807, 2.05) is 0 Å². The highest BCUT2D eigenvalue weighted by Crippen LogP contribution is 2.35. The van der Waals surface area contributed by atoms with Crippen molar-refractivity contribution in [2.75, 3.05) is 65.8 Å². The zero-order valence-electron chi connectivity index (χ0n) is 21.1. The first-order valence-electron chi connectivity index (χ1n) is 12.5. The predicted octanol–water partition coefficient (Wildman–Crippen LogP) is 2.12. The normalized spacial score (nSPS) is 21.5. The van der Waals surface area contributed by atoms with E-state index in [0.717, 1.165) is 5.69 Å². The summed E-state index contributed by atoms with van der Waals surface area (Å²) in [6.45, 7) is 6.50. The molecule has 3 heterocycles. The SMILES string of the molecule is Cc1ccc(N2CCN(C(=O)c3ccc(N4C(=O)OCC4CO)cc3N3CCCS3(=O)=O)CC2)c(C)c1. The van der Waals surface area contributed by atoms with Gasteiger partial charge in [-0.3, -0.25) is 14.0 Å². The molecule has 10 nitrogen and oxygen atoms in total. The van der Waals surface area contributed by atoms with Crippen molar-refractivity contribution in [3.8, 4) is 0 Å². The van der Waals surface area contributed by atoms with Crippen LogP contribution in [0.25, 0.3) is 0 Å². The summed E-state index contributed by atoms with van der Waals surface area (Å²) >= 11 is 0. The molecular weight excluding hydrogens is 496 g/mol. The van der Waals surface area contributed by atoms with Crippen molar-refractivity contribution in [2.45, 2.75) is 26.3 Å². The number of piperazine rings is 1. The maximum Gasteiger partial charge on any atom is 0.414 e. The summed E-state index contributed by atoms with van der Waals surface area (Å²) in [5.74, 6) is -0.239. The Morgan fingerprint density at radius 1 is 1.03 bits per heavy atom. The maximum atomic E-state index is 13.7. The minimum atomic E-state index is -3.58. The number of hydrogen-bond acceptors (Lipinski definition) is 7. The lowest BCUT2D eigenvalue weighted by atomic mass is 10.1. The molecule has 0 saturated carbocycles. The molecule has 0 bridgehead atoms. The molecule has 2 aromatic rings. The minimum Gasteiger partial charge on any atom is -0.447 e. The van der Waals surface area contributed by atoms with Crippen LogP contribution in [-0.4, -0.2) is 88.2 Å². The quantitative estimate of drug-likeness (QED) is 0.633. The highest BCUT2D eigenvalue weighted by molar-refractivity contribution is 7.93. The van der Waals surface area contributed by atoms with Gasteiger partial charge in [-0.05, 0) is 50.1 Å². The van der Waals surface area contributed by atoms with E-state index in [1.54, 1.807) is 23.1 Å². The predicted molar refractivity (Wildman–Crippen MR) is 141 cm³/mol. The summed E-state index contributed by atoms with van der Waals surface area (Å²) in [4.78, 5) is 31.4. The lowest BCUT2D eigenvalue weighted by molar-refractivity contribution is 0.0747. The topological polar surface area (TPSA) is 111 Å². The largest absolute Gasteiger partial charge is 0.447 e. The smallest absolute Gasteiger partial charge is 0.414 e. The van der Waals surface area contributed by atoms with Crippen LogP contribution in [0.2, 0.25) is 0 Å². The van der Waals surface area contributed by atoms with Gasteiger partial charge in [0.25, 0.3) is 5.91 Å². The number of cyclic esters (lactones) is 1. The Hall–Kier alpha value is -3.31. The van der Waals surface area contributed by atoms with Crippen molar-refractivity contribution in [3.63, 3.8) is 0 Å². The molecule has 1 N–H and O–H groups in total. The molecule has 37 heavy (non-hydrogen) atoms. The van der Waals surface area contributed by atoms with Gasteiger partial charge in [0.15, 0.2) is 0 Å². The molecule has 0 radical (unpaired) electrons. The zero-order chi connectivity index (χ0) is 26.3. The van der Waals surface area contributed by atoms with Crippen molar-refractivity contribution in [3.05, 3.63) is 53.1 Å². The summed E-state index contributed by atoms with van der Waals surface area (Å²) in [6.07, 6.45) is -0.157. The number of nitrogens with zero attached hydrogens (tertiary/aromatic N) is 4. The average Bonchev–Trinajstić information content (AvgIpc) is 3.44. The Balaban J connectivity index is 1.42. The molecule has 198 valence electrons. The number of ether oxygens (including phenoxy) is 1. The summed E-state index contributed by atoms with van der Waals surface area (Å²) in [7, 11) is -3.58. The minimum absolute atomic E-state index is 0.00442. The van der Waals surface area contributed by atoms with Gasteiger partial charge in [-0.25, -0.2) is 13.2 Å². The second kappa shape index (κ2) is 9.86. The van der Waals surface area contributed by atoms with Crippen molar-refractivity contribution in [2.24, 2.45) is 0 Å². The summed E-state index contributed by atoms with van der Waals surface area (Å²) in [6, 6.07) is 10.5. The molecule has 2 aromatic carbocycles. The zero-order valence-corrected chi connectivity index (χ0v) is 21.9. The molecule has 1 unspecified atom stereocenters. The van der Waals surface area contributed by atoms with Crippen LogP contribution in [0.3, 0.4) is 0 Å². The molecule has 11 heteroatoms. The second-order valence-corrected chi connectivity index (χ2v) is 11.8. The lowest BCUT2D eigenvalue weighted by Gasteiger charge is -2.37. The molecule has 5 rings (SSSR count). The van der Waals surface area contributed by atoms with E-state index in [9.17, 15) is 23.1 Å². The Morgan fingerprint density at radius 3 is 2.43 bits per heavy atom. The number of sulfonamides is 1. The van der Waals surface area contributed by atoms with Crippen LogP contribution in [0.1, 0.15) is 27.9 Å². The Morgan fingerprint density at radius 2 is 1.78 bits per heavy atom. The Labute approximate surface area is 217 Å². The number of carbonyl (C=O) groups excluding carboxylic acids is 2. The average molecular weight is 529 g/mol. The van der Waals surface area contributed by atoms with E-state index in [-0.39, 0.29) is 42.7 Å². The van der Waals surface area contributed by atoms with Gasteiger partial charge in [-0.2, -0.15) is 0 Å². The molecule has 0 spiro atoms. The van der Waals surface area contributed by atoms with Crippen LogP contribution in [-0.2, 0) is 14.8 Å². The monoisotopic (exact) mass is 528 g/mol. The first kappa shape index (κ1) is 25.3. The van der Waals surface area contributed by atoms with Crippen LogP contribution in [0.4, 0.5) is 21.9 Å². The molecule has 0 aliphatic carbocycles. The van der Waals surface area contributed by atoms with Gasteiger partial charge in [0.05, 0.1) is 29.7 Å². The van der Waals surface area contributed by atoms with Crippen LogP contribution < -0.4 is 14.1 Å². The standard InChI is InChI=1S/C26H32N4O6S/c1-18-4-7-23(19(2)14-18)27-9-11-28(12-10-27)25(32)22-6-5-20(30-21(16-31)17-36-26(30)33)15-24(22)29-8-3-13-37(29,34)35/h4-7,14-15,21,31H,3,8-13,16-17H2,1-2H3. The number of rotatable bonds is 5. The second-order valence-electron chi connectivity index (χ2n) is 9.80. The Kier molecular flexibility index (Phi) is 6.76. The molecule has 3 fully saturated rings. The fourth-order valence-corrected chi connectivity index (χ4v) is 6.93. The first-order chi connectivity index (χ1) is 17.7. The van der Waals surface area contributed by atoms with Gasteiger partial charge in [0.2, 0.25) is 10.0 Å². The van der Waals surface area contributed by atoms with Gasteiger partial charge < -0.3 is 19.6 Å². The number of hydrogen-bond donors (Lipinski definition) is 1. The molecule has 3 aliphatic heterocycles. The van der Waals surface area contributed by atoms with Crippen molar-refractivity contribution < 1.29 is 27.9 Å². The van der Waals surface area contributed by atoms with Crippen molar-refractivity contribution in [1.82, 2.24) is 4.90 Å². The van der Waals surface area contributed by atoms with Crippen molar-refractivity contribution in [1.29, 1.82) is 0 Å². The summed E-state index contributed by atoms with van der Waals surface area (Å²) < 4.78 is 32.0. The molecule has 2 amide bonds. The third-order valence-electron chi connectivity index (χ3n) is 7.29. The molecule has 3 saturated heterocycles. The van der Waals surface area contributed by atoms with Crippen LogP contribution in [0.5, 0.6) is 0 Å². The molecule has 1 atom stereocenters. The van der Waals surface area contributed by atoms with E-state index in [2.05, 4.69) is 36.9 Å². The third kappa shape index (κ3) is 4.73. The molecular formula is C26H32N4O6S. The third-order valence-corrected chi connectivity index (χ3v) is 9.14. The van der Waals surface area contributed by atoms with E-state index >= 15 is 0 Å². The number of benzene rings is 2. The fraction of sp³-hybridized carbons (Fsp3) is 0.462. The van der Waals surface area contributed by atoms with Gasteiger partial charge >= 0.3 is 6.09 Å². The van der Waals surface area contributed by atoms with Gasteiger partial charge in [0.1, 0.15) is 6.61 Å². The van der Waals surface area contributed by atoms with Crippen molar-refractivity contribution >= 4 is 39.1 Å². The number of anilines is 3. The van der Waals surface area contributed by atoms with Gasteiger partial charge in [-0.15, -0.1) is 0 Å². The lowest BCUT2D eigenvalue weighted by Crippen LogP contribution is -2.49.